The Bertz CT molecular complexity index is 370. The van der Waals surface area contributed by atoms with Crippen molar-refractivity contribution >= 4 is 21.6 Å². The number of para-hydroxylation sites is 1. The number of allylic oxidation sites excluding steroid dienone is 1. The summed E-state index contributed by atoms with van der Waals surface area (Å²) in [5.74, 6) is 0. The van der Waals surface area contributed by atoms with E-state index in [1.165, 1.54) is 4.70 Å². The lowest BCUT2D eigenvalue weighted by Crippen LogP contribution is -1.74. The smallest absolute Gasteiger partial charge is 0.0976 e. The Morgan fingerprint density at radius 1 is 1.42 bits per heavy atom. The predicted octanol–water partition coefficient (Wildman–Crippen LogP) is 3.02. The normalized spacial score (nSPS) is 10.3. The minimum absolute atomic E-state index is 0.874. The number of aromatic nitrogens is 1. The lowest BCUT2D eigenvalue weighted by atomic mass is 10.3. The van der Waals surface area contributed by atoms with Crippen molar-refractivity contribution in [1.29, 1.82) is 0 Å². The van der Waals surface area contributed by atoms with Gasteiger partial charge in [-0.15, -0.1) is 17.9 Å². The van der Waals surface area contributed by atoms with E-state index in [9.17, 15) is 0 Å². The first-order valence-corrected chi connectivity index (χ1v) is 4.67. The molecule has 0 radical (unpaired) electrons. The maximum Gasteiger partial charge on any atom is 0.0976 e. The van der Waals surface area contributed by atoms with Crippen molar-refractivity contribution in [2.75, 3.05) is 0 Å². The van der Waals surface area contributed by atoms with Crippen molar-refractivity contribution in [3.63, 3.8) is 0 Å². The molecule has 1 aromatic carbocycles. The van der Waals surface area contributed by atoms with Crippen molar-refractivity contribution in [2.24, 2.45) is 0 Å². The zero-order valence-electron chi connectivity index (χ0n) is 6.66. The summed E-state index contributed by atoms with van der Waals surface area (Å²) in [6.07, 6.45) is 2.76. The van der Waals surface area contributed by atoms with Gasteiger partial charge < -0.3 is 0 Å². The highest BCUT2D eigenvalue weighted by Gasteiger charge is 1.99. The largest absolute Gasteiger partial charge is 0.241 e. The van der Waals surface area contributed by atoms with Crippen LogP contribution in [0.4, 0.5) is 0 Å². The quantitative estimate of drug-likeness (QED) is 0.639. The van der Waals surface area contributed by atoms with Gasteiger partial charge in [0.05, 0.1) is 15.2 Å². The first kappa shape index (κ1) is 7.50. The van der Waals surface area contributed by atoms with Crippen LogP contribution in [0.2, 0.25) is 0 Å². The molecule has 1 heterocycles. The van der Waals surface area contributed by atoms with E-state index >= 15 is 0 Å². The third-order valence-electron chi connectivity index (χ3n) is 1.66. The molecule has 0 spiro atoms. The van der Waals surface area contributed by atoms with Crippen LogP contribution in [-0.4, -0.2) is 4.98 Å². The molecule has 1 aromatic heterocycles. The molecule has 0 bridgehead atoms. The van der Waals surface area contributed by atoms with Gasteiger partial charge in [0.15, 0.2) is 0 Å². The van der Waals surface area contributed by atoms with Gasteiger partial charge >= 0.3 is 0 Å². The molecule has 0 N–H and O–H groups in total. The molecule has 0 aliphatic rings. The van der Waals surface area contributed by atoms with E-state index in [1.54, 1.807) is 11.3 Å². The number of hydrogen-bond acceptors (Lipinski definition) is 2. The van der Waals surface area contributed by atoms with Crippen molar-refractivity contribution in [2.45, 2.75) is 6.42 Å². The fraction of sp³-hybridized carbons (Fsp3) is 0.100. The third-order valence-corrected chi connectivity index (χ3v) is 2.72. The summed E-state index contributed by atoms with van der Waals surface area (Å²) in [5.41, 5.74) is 1.10. The molecule has 0 atom stereocenters. The van der Waals surface area contributed by atoms with E-state index in [1.807, 2.05) is 24.3 Å². The van der Waals surface area contributed by atoms with Gasteiger partial charge in [0.25, 0.3) is 0 Å². The highest BCUT2D eigenvalue weighted by molar-refractivity contribution is 7.18. The molecule has 0 saturated heterocycles. The van der Waals surface area contributed by atoms with Crippen LogP contribution in [-0.2, 0) is 6.42 Å². The van der Waals surface area contributed by atoms with Gasteiger partial charge in [-0.05, 0) is 12.1 Å². The molecule has 0 saturated carbocycles. The van der Waals surface area contributed by atoms with Crippen molar-refractivity contribution in [3.8, 4) is 0 Å². The van der Waals surface area contributed by atoms with Gasteiger partial charge in [0.2, 0.25) is 0 Å². The summed E-state index contributed by atoms with van der Waals surface area (Å²) in [6.45, 7) is 3.69. The second-order valence-electron chi connectivity index (χ2n) is 2.57. The summed E-state index contributed by atoms with van der Waals surface area (Å²) in [4.78, 5) is 4.45. The van der Waals surface area contributed by atoms with Gasteiger partial charge in [-0.3, -0.25) is 0 Å². The number of benzene rings is 1. The number of rotatable bonds is 2. The highest BCUT2D eigenvalue weighted by Crippen LogP contribution is 2.21. The first-order valence-electron chi connectivity index (χ1n) is 3.85. The third kappa shape index (κ3) is 1.25. The second-order valence-corrected chi connectivity index (χ2v) is 3.68. The van der Waals surface area contributed by atoms with Crippen LogP contribution >= 0.6 is 11.3 Å². The van der Waals surface area contributed by atoms with E-state index in [2.05, 4.69) is 17.6 Å². The first-order chi connectivity index (χ1) is 5.90. The van der Waals surface area contributed by atoms with Crippen LogP contribution in [0.15, 0.2) is 36.9 Å². The van der Waals surface area contributed by atoms with Crippen LogP contribution in [0.5, 0.6) is 0 Å². The van der Waals surface area contributed by atoms with Crippen molar-refractivity contribution < 1.29 is 0 Å². The molecular weight excluding hydrogens is 166 g/mol. The SMILES string of the molecule is C=CCc1nc2ccccc2s1. The summed E-state index contributed by atoms with van der Waals surface area (Å²) < 4.78 is 1.26. The molecule has 2 heteroatoms. The van der Waals surface area contributed by atoms with Crippen LogP contribution < -0.4 is 0 Å². The fourth-order valence-electron chi connectivity index (χ4n) is 1.13. The minimum atomic E-state index is 0.874. The van der Waals surface area contributed by atoms with Gasteiger partial charge in [-0.1, -0.05) is 18.2 Å². The molecule has 0 unspecified atom stereocenters. The van der Waals surface area contributed by atoms with Crippen LogP contribution in [0.1, 0.15) is 5.01 Å². The number of hydrogen-bond donors (Lipinski definition) is 0. The predicted molar refractivity (Wildman–Crippen MR) is 53.5 cm³/mol. The second kappa shape index (κ2) is 3.07. The Kier molecular flexibility index (Phi) is 1.92. The number of thiazole rings is 1. The average molecular weight is 175 g/mol. The van der Waals surface area contributed by atoms with E-state index in [0.717, 1.165) is 16.9 Å². The molecule has 12 heavy (non-hydrogen) atoms. The summed E-state index contributed by atoms with van der Waals surface area (Å²) in [6, 6.07) is 8.19. The molecule has 2 aromatic rings. The number of nitrogens with zero attached hydrogens (tertiary/aromatic N) is 1. The van der Waals surface area contributed by atoms with E-state index in [-0.39, 0.29) is 0 Å². The molecule has 1 nitrogen and oxygen atoms in total. The molecule has 0 amide bonds. The molecular formula is C10H9NS. The Hall–Kier alpha value is -1.15. The van der Waals surface area contributed by atoms with Crippen LogP contribution in [0.25, 0.3) is 10.2 Å². The Morgan fingerprint density at radius 2 is 2.25 bits per heavy atom. The summed E-state index contributed by atoms with van der Waals surface area (Å²) >= 11 is 1.74. The average Bonchev–Trinajstić information content (AvgIpc) is 2.47. The van der Waals surface area contributed by atoms with E-state index in [4.69, 9.17) is 0 Å². The van der Waals surface area contributed by atoms with E-state index in [0.29, 0.717) is 0 Å². The van der Waals surface area contributed by atoms with Gasteiger partial charge in [-0.25, -0.2) is 4.98 Å². The van der Waals surface area contributed by atoms with Gasteiger partial charge in [0.1, 0.15) is 0 Å². The van der Waals surface area contributed by atoms with Crippen LogP contribution in [0.3, 0.4) is 0 Å². The maximum absolute atomic E-state index is 4.45. The van der Waals surface area contributed by atoms with E-state index < -0.39 is 0 Å². The maximum atomic E-state index is 4.45. The number of fused-ring (bicyclic) bond motifs is 1. The zero-order chi connectivity index (χ0) is 8.39. The topological polar surface area (TPSA) is 12.9 Å². The fourth-order valence-corrected chi connectivity index (χ4v) is 2.09. The molecule has 2 rings (SSSR count). The van der Waals surface area contributed by atoms with Crippen molar-refractivity contribution in [1.82, 2.24) is 4.98 Å². The lowest BCUT2D eigenvalue weighted by Gasteiger charge is -1.81. The minimum Gasteiger partial charge on any atom is -0.241 e. The van der Waals surface area contributed by atoms with Gasteiger partial charge in [0, 0.05) is 6.42 Å². The summed E-state index contributed by atoms with van der Waals surface area (Å²) in [7, 11) is 0. The summed E-state index contributed by atoms with van der Waals surface area (Å²) in [5, 5.41) is 1.14. The Balaban J connectivity index is 2.54. The Labute approximate surface area is 75.4 Å². The lowest BCUT2D eigenvalue weighted by molar-refractivity contribution is 1.22. The standard InChI is InChI=1S/C10H9NS/c1-2-5-10-11-8-6-3-4-7-9(8)12-10/h2-4,6-7H,1,5H2. The van der Waals surface area contributed by atoms with Crippen molar-refractivity contribution in [3.05, 3.63) is 41.9 Å². The molecule has 60 valence electrons. The Morgan fingerprint density at radius 3 is 3.00 bits per heavy atom. The monoisotopic (exact) mass is 175 g/mol. The molecule has 0 aliphatic heterocycles. The molecule has 0 fully saturated rings. The van der Waals surface area contributed by atoms with Gasteiger partial charge in [-0.2, -0.15) is 0 Å². The van der Waals surface area contributed by atoms with Crippen LogP contribution in [0, 0.1) is 0 Å². The highest BCUT2D eigenvalue weighted by atomic mass is 32.1. The zero-order valence-corrected chi connectivity index (χ0v) is 7.47. The molecule has 0 aliphatic carbocycles.